The Morgan fingerprint density at radius 2 is 1.71 bits per heavy atom. The second-order valence-corrected chi connectivity index (χ2v) is 10.3. The summed E-state index contributed by atoms with van der Waals surface area (Å²) in [4.78, 5) is 26.4. The summed E-state index contributed by atoms with van der Waals surface area (Å²) in [6, 6.07) is 17.3. The minimum atomic E-state index is -0.718. The summed E-state index contributed by atoms with van der Waals surface area (Å²) in [6.07, 6.45) is 1.52. The number of nitrogens with zero attached hydrogens (tertiary/aromatic N) is 1. The van der Waals surface area contributed by atoms with Crippen LogP contribution in [0.3, 0.4) is 0 Å². The van der Waals surface area contributed by atoms with E-state index >= 15 is 0 Å². The smallest absolute Gasteiger partial charge is 0.254 e. The first-order valence-corrected chi connectivity index (χ1v) is 13.2. The van der Waals surface area contributed by atoms with E-state index in [1.54, 1.807) is 19.1 Å². The van der Waals surface area contributed by atoms with Crippen LogP contribution in [0.4, 0.5) is 11.4 Å². The number of nitrogens with one attached hydrogen (secondary N) is 3. The number of dihydropyridines is 1. The van der Waals surface area contributed by atoms with Crippen molar-refractivity contribution in [3.8, 4) is 6.07 Å². The average Bonchev–Trinajstić information content (AvgIpc) is 3.40. The van der Waals surface area contributed by atoms with Gasteiger partial charge in [0.15, 0.2) is 0 Å². The van der Waals surface area contributed by atoms with Crippen LogP contribution in [0.25, 0.3) is 0 Å². The molecule has 0 aliphatic carbocycles. The number of para-hydroxylation sites is 1. The highest BCUT2D eigenvalue weighted by molar-refractivity contribution is 8.03. The van der Waals surface area contributed by atoms with E-state index in [4.69, 9.17) is 4.42 Å². The SMILES string of the molecule is CC1=C(C(=O)Nc2c(C)cc(C)cc2C)C(c2ccco2)C(C#N)=C(SCC(=O)Nc2ccccc2C)N1. The van der Waals surface area contributed by atoms with Crippen molar-refractivity contribution in [1.82, 2.24) is 5.32 Å². The van der Waals surface area contributed by atoms with Gasteiger partial charge in [-0.1, -0.05) is 47.7 Å². The van der Waals surface area contributed by atoms with Crippen molar-refractivity contribution < 1.29 is 14.0 Å². The van der Waals surface area contributed by atoms with Gasteiger partial charge in [-0.25, -0.2) is 0 Å². The molecular weight excluding hydrogens is 496 g/mol. The van der Waals surface area contributed by atoms with Crippen LogP contribution in [-0.4, -0.2) is 17.6 Å². The van der Waals surface area contributed by atoms with Crippen LogP contribution >= 0.6 is 11.8 Å². The van der Waals surface area contributed by atoms with E-state index in [2.05, 4.69) is 22.0 Å². The van der Waals surface area contributed by atoms with Crippen LogP contribution in [0.15, 0.2) is 81.1 Å². The standard InChI is InChI=1S/C30H30N4O3S/c1-17-13-19(3)28(20(4)14-17)34-29(36)26-21(5)32-30(22(15-31)27(26)24-11-8-12-37-24)38-16-25(35)33-23-10-7-6-9-18(23)2/h6-14,27,32H,16H2,1-5H3,(H,33,35)(H,34,36). The Balaban J connectivity index is 1.62. The largest absolute Gasteiger partial charge is 0.468 e. The van der Waals surface area contributed by atoms with Crippen molar-refractivity contribution in [3.05, 3.63) is 105 Å². The molecule has 0 spiro atoms. The van der Waals surface area contributed by atoms with Gasteiger partial charge in [0.25, 0.3) is 5.91 Å². The number of aryl methyl sites for hydroxylation is 4. The predicted octanol–water partition coefficient (Wildman–Crippen LogP) is 6.22. The molecule has 1 aliphatic rings. The third kappa shape index (κ3) is 5.68. The predicted molar refractivity (Wildman–Crippen MR) is 151 cm³/mol. The van der Waals surface area contributed by atoms with Crippen molar-refractivity contribution in [2.24, 2.45) is 0 Å². The van der Waals surface area contributed by atoms with Gasteiger partial charge in [-0.3, -0.25) is 9.59 Å². The van der Waals surface area contributed by atoms with Crippen molar-refractivity contribution in [1.29, 1.82) is 5.26 Å². The number of hydrogen-bond acceptors (Lipinski definition) is 6. The number of carbonyl (C=O) groups excluding carboxylic acids is 2. The summed E-state index contributed by atoms with van der Waals surface area (Å²) in [6.45, 7) is 9.65. The summed E-state index contributed by atoms with van der Waals surface area (Å²) >= 11 is 1.22. The molecule has 1 unspecified atom stereocenters. The van der Waals surface area contributed by atoms with E-state index < -0.39 is 5.92 Å². The van der Waals surface area contributed by atoms with Gasteiger partial charge in [-0.05, 0) is 69.5 Å². The lowest BCUT2D eigenvalue weighted by molar-refractivity contribution is -0.114. The third-order valence-electron chi connectivity index (χ3n) is 6.40. The first-order chi connectivity index (χ1) is 18.2. The van der Waals surface area contributed by atoms with Crippen LogP contribution in [0, 0.1) is 39.0 Å². The number of hydrogen-bond donors (Lipinski definition) is 3. The van der Waals surface area contributed by atoms with E-state index in [-0.39, 0.29) is 17.6 Å². The van der Waals surface area contributed by atoms with Gasteiger partial charge in [0.1, 0.15) is 5.76 Å². The highest BCUT2D eigenvalue weighted by Crippen LogP contribution is 2.41. The fourth-order valence-electron chi connectivity index (χ4n) is 4.66. The molecule has 1 atom stereocenters. The van der Waals surface area contributed by atoms with Crippen LogP contribution in [0.5, 0.6) is 0 Å². The first-order valence-electron chi connectivity index (χ1n) is 12.2. The zero-order chi connectivity index (χ0) is 27.4. The molecule has 0 saturated carbocycles. The molecule has 2 aromatic carbocycles. The van der Waals surface area contributed by atoms with Crippen molar-refractivity contribution in [2.45, 2.75) is 40.5 Å². The summed E-state index contributed by atoms with van der Waals surface area (Å²) < 4.78 is 5.70. The van der Waals surface area contributed by atoms with E-state index in [9.17, 15) is 14.9 Å². The minimum absolute atomic E-state index is 0.0866. The monoisotopic (exact) mass is 526 g/mol. The number of nitriles is 1. The molecule has 3 N–H and O–H groups in total. The Kier molecular flexibility index (Phi) is 8.08. The van der Waals surface area contributed by atoms with Gasteiger partial charge < -0.3 is 20.4 Å². The lowest BCUT2D eigenvalue weighted by Crippen LogP contribution is -2.31. The molecule has 38 heavy (non-hydrogen) atoms. The number of amides is 2. The maximum Gasteiger partial charge on any atom is 0.254 e. The van der Waals surface area contributed by atoms with E-state index in [0.717, 1.165) is 33.6 Å². The molecule has 8 heteroatoms. The molecular formula is C30H30N4O3S. The van der Waals surface area contributed by atoms with Gasteiger partial charge in [-0.2, -0.15) is 5.26 Å². The molecule has 2 heterocycles. The highest BCUT2D eigenvalue weighted by Gasteiger charge is 2.36. The molecule has 7 nitrogen and oxygen atoms in total. The van der Waals surface area contributed by atoms with Crippen molar-refractivity contribution >= 4 is 35.0 Å². The van der Waals surface area contributed by atoms with Crippen LogP contribution in [0.1, 0.15) is 40.9 Å². The number of allylic oxidation sites excluding steroid dienone is 2. The number of rotatable bonds is 7. The number of anilines is 2. The molecule has 194 valence electrons. The second kappa shape index (κ2) is 11.4. The fraction of sp³-hybridized carbons (Fsp3) is 0.233. The van der Waals surface area contributed by atoms with Gasteiger partial charge in [0.05, 0.1) is 40.2 Å². The molecule has 4 rings (SSSR count). The lowest BCUT2D eigenvalue weighted by Gasteiger charge is -2.28. The highest BCUT2D eigenvalue weighted by atomic mass is 32.2. The van der Waals surface area contributed by atoms with Gasteiger partial charge in [0.2, 0.25) is 5.91 Å². The second-order valence-electron chi connectivity index (χ2n) is 9.35. The van der Waals surface area contributed by atoms with Crippen LogP contribution in [-0.2, 0) is 9.59 Å². The van der Waals surface area contributed by atoms with E-state index in [1.165, 1.54) is 18.0 Å². The Hall–Kier alpha value is -4.22. The summed E-state index contributed by atoms with van der Waals surface area (Å²) in [5.74, 6) is -0.665. The topological polar surface area (TPSA) is 107 Å². The first kappa shape index (κ1) is 26.8. The number of benzene rings is 2. The van der Waals surface area contributed by atoms with Crippen LogP contribution < -0.4 is 16.0 Å². The van der Waals surface area contributed by atoms with Crippen molar-refractivity contribution in [3.63, 3.8) is 0 Å². The quantitative estimate of drug-likeness (QED) is 0.337. The number of furan rings is 1. The van der Waals surface area contributed by atoms with Gasteiger partial charge in [-0.15, -0.1) is 0 Å². The molecule has 3 aromatic rings. The van der Waals surface area contributed by atoms with Gasteiger partial charge in [0, 0.05) is 17.1 Å². The number of carbonyl (C=O) groups is 2. The van der Waals surface area contributed by atoms with Crippen LogP contribution in [0.2, 0.25) is 0 Å². The molecule has 0 bridgehead atoms. The van der Waals surface area contributed by atoms with E-state index in [0.29, 0.717) is 27.6 Å². The molecule has 0 radical (unpaired) electrons. The molecule has 0 fully saturated rings. The average molecular weight is 527 g/mol. The lowest BCUT2D eigenvalue weighted by atomic mass is 9.85. The molecule has 1 aromatic heterocycles. The summed E-state index contributed by atoms with van der Waals surface area (Å²) in [7, 11) is 0. The summed E-state index contributed by atoms with van der Waals surface area (Å²) in [5.41, 5.74) is 6.79. The maximum atomic E-state index is 13.7. The Labute approximate surface area is 227 Å². The normalized spacial score (nSPS) is 15.1. The zero-order valence-electron chi connectivity index (χ0n) is 22.1. The Bertz CT molecular complexity index is 1470. The molecule has 0 saturated heterocycles. The molecule has 1 aliphatic heterocycles. The Morgan fingerprint density at radius 3 is 2.34 bits per heavy atom. The van der Waals surface area contributed by atoms with Crippen molar-refractivity contribution in [2.75, 3.05) is 16.4 Å². The Morgan fingerprint density at radius 1 is 1.00 bits per heavy atom. The van der Waals surface area contributed by atoms with Gasteiger partial charge >= 0.3 is 0 Å². The minimum Gasteiger partial charge on any atom is -0.468 e. The maximum absolute atomic E-state index is 13.7. The zero-order valence-corrected chi connectivity index (χ0v) is 22.9. The molecule has 2 amide bonds. The third-order valence-corrected chi connectivity index (χ3v) is 7.42. The van der Waals surface area contributed by atoms with E-state index in [1.807, 2.05) is 64.1 Å². The number of thioether (sulfide) groups is 1. The fourth-order valence-corrected chi connectivity index (χ4v) is 5.55. The summed E-state index contributed by atoms with van der Waals surface area (Å²) in [5, 5.41) is 19.9.